The number of hydrogen-bond acceptors (Lipinski definition) is 3. The maximum Gasteiger partial charge on any atom is 0.317 e. The third kappa shape index (κ3) is 4.52. The van der Waals surface area contributed by atoms with Crippen molar-refractivity contribution in [3.05, 3.63) is 0 Å². The highest BCUT2D eigenvalue weighted by Crippen LogP contribution is 2.16. The largest absolute Gasteiger partial charge is 0.481 e. The van der Waals surface area contributed by atoms with Crippen molar-refractivity contribution < 1.29 is 14.7 Å². The predicted molar refractivity (Wildman–Crippen MR) is 68.5 cm³/mol. The van der Waals surface area contributed by atoms with Crippen LogP contribution in [0.25, 0.3) is 0 Å². The number of carbonyl (C=O) groups excluding carboxylic acids is 1. The number of amides is 2. The first kappa shape index (κ1) is 14.8. The highest BCUT2D eigenvalue weighted by molar-refractivity contribution is 5.76. The van der Waals surface area contributed by atoms with Gasteiger partial charge in [-0.3, -0.25) is 4.79 Å². The van der Waals surface area contributed by atoms with E-state index in [1.165, 1.54) is 0 Å². The van der Waals surface area contributed by atoms with E-state index >= 15 is 0 Å². The van der Waals surface area contributed by atoms with Crippen LogP contribution in [0.15, 0.2) is 0 Å². The Labute approximate surface area is 108 Å². The molecule has 0 aromatic carbocycles. The van der Waals surface area contributed by atoms with Crippen LogP contribution in [0.3, 0.4) is 0 Å². The average molecular weight is 257 g/mol. The zero-order valence-electron chi connectivity index (χ0n) is 11.3. The summed E-state index contributed by atoms with van der Waals surface area (Å²) in [5, 5.41) is 11.9. The average Bonchev–Trinajstić information content (AvgIpc) is 2.27. The van der Waals surface area contributed by atoms with Gasteiger partial charge in [-0.15, -0.1) is 0 Å². The lowest BCUT2D eigenvalue weighted by atomic mass is 9.99. The van der Waals surface area contributed by atoms with Crippen molar-refractivity contribution in [2.24, 2.45) is 5.92 Å². The first-order chi connectivity index (χ1) is 8.40. The topological polar surface area (TPSA) is 72.9 Å². The van der Waals surface area contributed by atoms with Crippen LogP contribution in [0.5, 0.6) is 0 Å². The van der Waals surface area contributed by atoms with Gasteiger partial charge >= 0.3 is 12.0 Å². The van der Waals surface area contributed by atoms with E-state index in [0.717, 1.165) is 13.0 Å². The van der Waals surface area contributed by atoms with E-state index in [9.17, 15) is 9.59 Å². The number of carboxylic acids is 1. The quantitative estimate of drug-likeness (QED) is 0.766. The number of nitrogens with zero attached hydrogens (tertiary/aromatic N) is 2. The van der Waals surface area contributed by atoms with E-state index < -0.39 is 11.9 Å². The minimum Gasteiger partial charge on any atom is -0.481 e. The highest BCUT2D eigenvalue weighted by atomic mass is 16.4. The van der Waals surface area contributed by atoms with Gasteiger partial charge in [0.2, 0.25) is 0 Å². The lowest BCUT2D eigenvalue weighted by Gasteiger charge is -2.32. The summed E-state index contributed by atoms with van der Waals surface area (Å²) >= 11 is 0. The molecule has 0 aliphatic carbocycles. The van der Waals surface area contributed by atoms with Gasteiger partial charge in [-0.2, -0.15) is 0 Å². The molecule has 2 atom stereocenters. The minimum absolute atomic E-state index is 0.0534. The molecule has 2 amide bonds. The number of hydrogen-bond donors (Lipinski definition) is 2. The molecule has 2 unspecified atom stereocenters. The van der Waals surface area contributed by atoms with Crippen LogP contribution < -0.4 is 5.32 Å². The lowest BCUT2D eigenvalue weighted by molar-refractivity contribution is -0.143. The summed E-state index contributed by atoms with van der Waals surface area (Å²) in [4.78, 5) is 26.5. The molecule has 1 aliphatic heterocycles. The number of likely N-dealkylation sites (tertiary alicyclic amines) is 1. The molecule has 1 heterocycles. The molecule has 0 saturated carbocycles. The molecule has 18 heavy (non-hydrogen) atoms. The smallest absolute Gasteiger partial charge is 0.317 e. The molecule has 0 aromatic rings. The zero-order chi connectivity index (χ0) is 13.7. The summed E-state index contributed by atoms with van der Waals surface area (Å²) in [5.74, 6) is -1.23. The van der Waals surface area contributed by atoms with Gasteiger partial charge in [0.05, 0.1) is 5.92 Å². The summed E-state index contributed by atoms with van der Waals surface area (Å²) < 4.78 is 0. The second kappa shape index (κ2) is 6.58. The van der Waals surface area contributed by atoms with E-state index in [1.807, 2.05) is 25.9 Å². The summed E-state index contributed by atoms with van der Waals surface area (Å²) in [7, 11) is 3.90. The highest BCUT2D eigenvalue weighted by Gasteiger charge is 2.28. The molecule has 1 aliphatic rings. The van der Waals surface area contributed by atoms with Crippen molar-refractivity contribution in [1.29, 1.82) is 0 Å². The number of carboxylic acid groups (broad SMARTS) is 1. The summed E-state index contributed by atoms with van der Waals surface area (Å²) in [6, 6.07) is -0.104. The molecular formula is C12H23N3O3. The first-order valence-electron chi connectivity index (χ1n) is 6.33. The molecule has 0 bridgehead atoms. The molecule has 1 rings (SSSR count). The molecule has 104 valence electrons. The van der Waals surface area contributed by atoms with Crippen molar-refractivity contribution in [1.82, 2.24) is 15.1 Å². The van der Waals surface area contributed by atoms with Crippen molar-refractivity contribution in [2.45, 2.75) is 25.8 Å². The fraction of sp³-hybridized carbons (Fsp3) is 0.833. The number of aliphatic carboxylic acids is 1. The lowest BCUT2D eigenvalue weighted by Crippen LogP contribution is -2.50. The van der Waals surface area contributed by atoms with Gasteiger partial charge in [-0.25, -0.2) is 4.79 Å². The Balaban J connectivity index is 2.43. The molecule has 0 aromatic heterocycles. The van der Waals surface area contributed by atoms with Gasteiger partial charge in [0, 0.05) is 25.7 Å². The van der Waals surface area contributed by atoms with Crippen molar-refractivity contribution in [3.8, 4) is 0 Å². The Kier molecular flexibility index (Phi) is 5.40. The fourth-order valence-corrected chi connectivity index (χ4v) is 2.26. The van der Waals surface area contributed by atoms with E-state index in [4.69, 9.17) is 5.11 Å². The van der Waals surface area contributed by atoms with Gasteiger partial charge in [0.15, 0.2) is 0 Å². The van der Waals surface area contributed by atoms with Gasteiger partial charge in [-0.05, 0) is 33.9 Å². The van der Waals surface area contributed by atoms with Crippen LogP contribution >= 0.6 is 0 Å². The second-order valence-corrected chi connectivity index (χ2v) is 5.24. The zero-order valence-corrected chi connectivity index (χ0v) is 11.3. The molecule has 1 fully saturated rings. The second-order valence-electron chi connectivity index (χ2n) is 5.24. The Hall–Kier alpha value is -1.30. The SMILES string of the molecule is CC(CN(C)C)NC(=O)N1CCCC(C(=O)O)C1. The van der Waals surface area contributed by atoms with Gasteiger partial charge in [0.25, 0.3) is 0 Å². The van der Waals surface area contributed by atoms with E-state index in [0.29, 0.717) is 19.5 Å². The van der Waals surface area contributed by atoms with Gasteiger partial charge < -0.3 is 20.2 Å². The van der Waals surface area contributed by atoms with Crippen LogP contribution in [0.4, 0.5) is 4.79 Å². The summed E-state index contributed by atoms with van der Waals surface area (Å²) in [6.45, 7) is 3.67. The van der Waals surface area contributed by atoms with Crippen LogP contribution in [0.1, 0.15) is 19.8 Å². The Morgan fingerprint density at radius 3 is 2.72 bits per heavy atom. The molecule has 6 nitrogen and oxygen atoms in total. The van der Waals surface area contributed by atoms with Crippen molar-refractivity contribution in [2.75, 3.05) is 33.7 Å². The molecule has 6 heteroatoms. The maximum absolute atomic E-state index is 12.0. The van der Waals surface area contributed by atoms with Crippen LogP contribution in [0, 0.1) is 5.92 Å². The van der Waals surface area contributed by atoms with Crippen molar-refractivity contribution in [3.63, 3.8) is 0 Å². The number of nitrogens with one attached hydrogen (secondary N) is 1. The van der Waals surface area contributed by atoms with E-state index in [-0.39, 0.29) is 12.1 Å². The normalized spacial score (nSPS) is 21.8. The van der Waals surface area contributed by atoms with Gasteiger partial charge in [0.1, 0.15) is 0 Å². The third-order valence-corrected chi connectivity index (χ3v) is 3.07. The minimum atomic E-state index is -0.811. The summed E-state index contributed by atoms with van der Waals surface area (Å²) in [5.41, 5.74) is 0. The molecular weight excluding hydrogens is 234 g/mol. The fourth-order valence-electron chi connectivity index (χ4n) is 2.26. The predicted octanol–water partition coefficient (Wildman–Crippen LogP) is 0.443. The standard InChI is InChI=1S/C12H23N3O3/c1-9(7-14(2)3)13-12(18)15-6-4-5-10(8-15)11(16)17/h9-10H,4-8H2,1-3H3,(H,13,18)(H,16,17). The van der Waals surface area contributed by atoms with Crippen LogP contribution in [0.2, 0.25) is 0 Å². The molecule has 1 saturated heterocycles. The Morgan fingerprint density at radius 1 is 1.50 bits per heavy atom. The Bertz CT molecular complexity index is 307. The Morgan fingerprint density at radius 2 is 2.17 bits per heavy atom. The van der Waals surface area contributed by atoms with E-state index in [2.05, 4.69) is 5.32 Å². The first-order valence-corrected chi connectivity index (χ1v) is 6.33. The number of rotatable bonds is 4. The third-order valence-electron chi connectivity index (χ3n) is 3.07. The van der Waals surface area contributed by atoms with Crippen LogP contribution in [-0.2, 0) is 4.79 Å². The van der Waals surface area contributed by atoms with Crippen molar-refractivity contribution >= 4 is 12.0 Å². The maximum atomic E-state index is 12.0. The van der Waals surface area contributed by atoms with Crippen LogP contribution in [-0.4, -0.2) is 66.7 Å². The number of carbonyl (C=O) groups is 2. The summed E-state index contributed by atoms with van der Waals surface area (Å²) in [6.07, 6.45) is 1.42. The van der Waals surface area contributed by atoms with Gasteiger partial charge in [-0.1, -0.05) is 0 Å². The molecule has 0 radical (unpaired) electrons. The monoisotopic (exact) mass is 257 g/mol. The number of piperidine rings is 1. The number of likely N-dealkylation sites (N-methyl/N-ethyl adjacent to an activating group) is 1. The number of urea groups is 1. The molecule has 2 N–H and O–H groups in total. The van der Waals surface area contributed by atoms with E-state index in [1.54, 1.807) is 4.90 Å². The molecule has 0 spiro atoms.